The van der Waals surface area contributed by atoms with E-state index in [1.54, 1.807) is 0 Å². The predicted octanol–water partition coefficient (Wildman–Crippen LogP) is 5.04. The number of nitrogens with zero attached hydrogens (tertiary/aromatic N) is 1. The Hall–Kier alpha value is -2.22. The standard InChI is InChI=1S/C18H12ClNO4S2/c19-12-4-1-10(2-5-12)17-16(20-18(26-17)25-8-15(21)22)11-3-6-13-14(7-11)24-9-23-13/h1-7H,8-9H2,(H,21,22). The summed E-state index contributed by atoms with van der Waals surface area (Å²) in [6, 6.07) is 13.2. The molecule has 26 heavy (non-hydrogen) atoms. The van der Waals surface area contributed by atoms with E-state index in [0.29, 0.717) is 20.9 Å². The van der Waals surface area contributed by atoms with Gasteiger partial charge in [0.1, 0.15) is 0 Å². The van der Waals surface area contributed by atoms with Crippen molar-refractivity contribution in [3.8, 4) is 33.2 Å². The van der Waals surface area contributed by atoms with Crippen molar-refractivity contribution in [1.29, 1.82) is 0 Å². The second kappa shape index (κ2) is 7.19. The van der Waals surface area contributed by atoms with E-state index in [9.17, 15) is 4.79 Å². The van der Waals surface area contributed by atoms with E-state index < -0.39 is 5.97 Å². The smallest absolute Gasteiger partial charge is 0.313 e. The highest BCUT2D eigenvalue weighted by molar-refractivity contribution is 8.01. The number of thioether (sulfide) groups is 1. The second-order valence-electron chi connectivity index (χ2n) is 5.41. The van der Waals surface area contributed by atoms with Crippen molar-refractivity contribution in [1.82, 2.24) is 4.98 Å². The summed E-state index contributed by atoms with van der Waals surface area (Å²) < 4.78 is 11.5. The van der Waals surface area contributed by atoms with Gasteiger partial charge in [0.05, 0.1) is 16.3 Å². The minimum atomic E-state index is -0.872. The maximum absolute atomic E-state index is 10.9. The maximum atomic E-state index is 10.9. The Morgan fingerprint density at radius 1 is 1.15 bits per heavy atom. The Balaban J connectivity index is 1.78. The minimum absolute atomic E-state index is 0.0336. The largest absolute Gasteiger partial charge is 0.481 e. The number of carboxylic acids is 1. The Kier molecular flexibility index (Phi) is 4.76. The highest BCUT2D eigenvalue weighted by atomic mass is 35.5. The zero-order valence-corrected chi connectivity index (χ0v) is 15.7. The molecule has 8 heteroatoms. The van der Waals surface area contributed by atoms with Crippen molar-refractivity contribution in [3.63, 3.8) is 0 Å². The van der Waals surface area contributed by atoms with Crippen LogP contribution < -0.4 is 9.47 Å². The van der Waals surface area contributed by atoms with Crippen LogP contribution in [0.15, 0.2) is 46.8 Å². The molecule has 0 fully saturated rings. The summed E-state index contributed by atoms with van der Waals surface area (Å²) in [4.78, 5) is 16.5. The lowest BCUT2D eigenvalue weighted by molar-refractivity contribution is -0.133. The van der Waals surface area contributed by atoms with Crippen molar-refractivity contribution in [2.45, 2.75) is 4.34 Å². The first-order valence-corrected chi connectivity index (χ1v) is 9.79. The molecule has 0 aliphatic carbocycles. The number of aliphatic carboxylic acids is 1. The highest BCUT2D eigenvalue weighted by Gasteiger charge is 2.20. The van der Waals surface area contributed by atoms with Gasteiger partial charge in [0.2, 0.25) is 6.79 Å². The first-order valence-electron chi connectivity index (χ1n) is 7.61. The molecule has 0 saturated carbocycles. The normalized spacial score (nSPS) is 12.3. The van der Waals surface area contributed by atoms with Gasteiger partial charge in [-0.15, -0.1) is 11.3 Å². The van der Waals surface area contributed by atoms with E-state index in [4.69, 9.17) is 26.2 Å². The number of rotatable bonds is 5. The van der Waals surface area contributed by atoms with E-state index in [2.05, 4.69) is 4.98 Å². The van der Waals surface area contributed by atoms with Crippen molar-refractivity contribution in [2.24, 2.45) is 0 Å². The fourth-order valence-corrected chi connectivity index (χ4v) is 4.54. The molecular weight excluding hydrogens is 394 g/mol. The molecule has 0 amide bonds. The van der Waals surface area contributed by atoms with E-state index >= 15 is 0 Å². The molecule has 0 spiro atoms. The molecule has 132 valence electrons. The van der Waals surface area contributed by atoms with Crippen molar-refractivity contribution < 1.29 is 19.4 Å². The Labute approximate surface area is 162 Å². The van der Waals surface area contributed by atoms with E-state index in [-0.39, 0.29) is 12.5 Å². The van der Waals surface area contributed by atoms with Gasteiger partial charge in [0, 0.05) is 10.6 Å². The third kappa shape index (κ3) is 3.51. The van der Waals surface area contributed by atoms with Crippen LogP contribution in [0.1, 0.15) is 0 Å². The van der Waals surface area contributed by atoms with Crippen molar-refractivity contribution >= 4 is 40.7 Å². The average molecular weight is 406 g/mol. The zero-order chi connectivity index (χ0) is 18.1. The predicted molar refractivity (Wildman–Crippen MR) is 102 cm³/mol. The summed E-state index contributed by atoms with van der Waals surface area (Å²) in [5.41, 5.74) is 2.64. The number of carboxylic acid groups (broad SMARTS) is 1. The SMILES string of the molecule is O=C(O)CSc1nc(-c2ccc3c(c2)OCO3)c(-c2ccc(Cl)cc2)s1. The summed E-state index contributed by atoms with van der Waals surface area (Å²) in [6.07, 6.45) is 0. The molecular formula is C18H12ClNO4S2. The van der Waals surface area contributed by atoms with Gasteiger partial charge in [0.25, 0.3) is 0 Å². The molecule has 2 heterocycles. The van der Waals surface area contributed by atoms with Crippen LogP contribution >= 0.6 is 34.7 Å². The van der Waals surface area contributed by atoms with Gasteiger partial charge in [-0.2, -0.15) is 0 Å². The Bertz CT molecular complexity index is 972. The third-order valence-corrected chi connectivity index (χ3v) is 6.16. The quantitative estimate of drug-likeness (QED) is 0.600. The number of halogens is 1. The number of benzene rings is 2. The van der Waals surface area contributed by atoms with Crippen LogP contribution in [0.25, 0.3) is 21.7 Å². The van der Waals surface area contributed by atoms with Crippen LogP contribution in [0, 0.1) is 0 Å². The zero-order valence-electron chi connectivity index (χ0n) is 13.3. The van der Waals surface area contributed by atoms with Gasteiger partial charge < -0.3 is 14.6 Å². The van der Waals surface area contributed by atoms with Gasteiger partial charge in [-0.25, -0.2) is 4.98 Å². The molecule has 1 aromatic heterocycles. The fraction of sp³-hybridized carbons (Fsp3) is 0.111. The third-order valence-electron chi connectivity index (χ3n) is 3.68. The van der Waals surface area contributed by atoms with Crippen molar-refractivity contribution in [2.75, 3.05) is 12.5 Å². The summed E-state index contributed by atoms with van der Waals surface area (Å²) in [5.74, 6) is 0.478. The monoisotopic (exact) mass is 405 g/mol. The van der Waals surface area contributed by atoms with Crippen LogP contribution in [0.5, 0.6) is 11.5 Å². The molecule has 2 aromatic carbocycles. The molecule has 5 nitrogen and oxygen atoms in total. The number of fused-ring (bicyclic) bond motifs is 1. The molecule has 1 aliphatic heterocycles. The number of aromatic nitrogens is 1. The van der Waals surface area contributed by atoms with Gasteiger partial charge in [-0.1, -0.05) is 35.5 Å². The van der Waals surface area contributed by atoms with E-state index in [0.717, 1.165) is 21.7 Å². The summed E-state index contributed by atoms with van der Waals surface area (Å²) >= 11 is 8.67. The molecule has 4 rings (SSSR count). The molecule has 3 aromatic rings. The van der Waals surface area contributed by atoms with Gasteiger partial charge in [0.15, 0.2) is 15.8 Å². The lowest BCUT2D eigenvalue weighted by atomic mass is 10.1. The lowest BCUT2D eigenvalue weighted by Crippen LogP contribution is -1.96. The van der Waals surface area contributed by atoms with Crippen LogP contribution in [0.2, 0.25) is 5.02 Å². The molecule has 0 radical (unpaired) electrons. The second-order valence-corrected chi connectivity index (χ2v) is 8.07. The minimum Gasteiger partial charge on any atom is -0.481 e. The molecule has 0 bridgehead atoms. The van der Waals surface area contributed by atoms with Crippen LogP contribution in [0.4, 0.5) is 0 Å². The molecule has 0 unspecified atom stereocenters. The average Bonchev–Trinajstić information content (AvgIpc) is 3.26. The topological polar surface area (TPSA) is 68.7 Å². The molecule has 0 saturated heterocycles. The van der Waals surface area contributed by atoms with Gasteiger partial charge in [-0.05, 0) is 35.9 Å². The first kappa shape index (κ1) is 17.2. The number of thiazole rings is 1. The van der Waals surface area contributed by atoms with E-state index in [1.807, 2.05) is 42.5 Å². The van der Waals surface area contributed by atoms with Crippen LogP contribution in [-0.4, -0.2) is 28.6 Å². The van der Waals surface area contributed by atoms with E-state index in [1.165, 1.54) is 23.1 Å². The molecule has 0 atom stereocenters. The summed E-state index contributed by atoms with van der Waals surface area (Å²) in [7, 11) is 0. The Morgan fingerprint density at radius 2 is 1.88 bits per heavy atom. The van der Waals surface area contributed by atoms with Crippen molar-refractivity contribution in [3.05, 3.63) is 47.5 Å². The van der Waals surface area contributed by atoms with Crippen LogP contribution in [0.3, 0.4) is 0 Å². The maximum Gasteiger partial charge on any atom is 0.313 e. The number of hydrogen-bond acceptors (Lipinski definition) is 6. The highest BCUT2D eigenvalue weighted by Crippen LogP contribution is 2.43. The molecule has 1 aliphatic rings. The summed E-state index contributed by atoms with van der Waals surface area (Å²) in [6.45, 7) is 0.208. The van der Waals surface area contributed by atoms with Gasteiger partial charge >= 0.3 is 5.97 Å². The fourth-order valence-electron chi connectivity index (χ4n) is 2.52. The Morgan fingerprint density at radius 3 is 2.65 bits per heavy atom. The number of ether oxygens (including phenoxy) is 2. The first-order chi connectivity index (χ1) is 12.6. The molecule has 1 N–H and O–H groups in total. The van der Waals surface area contributed by atoms with Crippen LogP contribution in [-0.2, 0) is 4.79 Å². The number of carbonyl (C=O) groups is 1. The number of hydrogen-bond donors (Lipinski definition) is 1. The lowest BCUT2D eigenvalue weighted by Gasteiger charge is -2.04. The summed E-state index contributed by atoms with van der Waals surface area (Å²) in [5, 5.41) is 9.59. The van der Waals surface area contributed by atoms with Gasteiger partial charge in [-0.3, -0.25) is 4.79 Å².